The van der Waals surface area contributed by atoms with Crippen LogP contribution in [0.15, 0.2) is 18.2 Å². The summed E-state index contributed by atoms with van der Waals surface area (Å²) < 4.78 is 0. The number of nitro groups is 1. The van der Waals surface area contributed by atoms with Crippen LogP contribution in [0.4, 0.5) is 17.1 Å². The van der Waals surface area contributed by atoms with E-state index in [2.05, 4.69) is 10.2 Å². The van der Waals surface area contributed by atoms with Crippen LogP contribution in [0.5, 0.6) is 0 Å². The minimum atomic E-state index is -0.461. The monoisotopic (exact) mass is 250 g/mol. The molecule has 1 heterocycles. The third-order valence-corrected chi connectivity index (χ3v) is 3.31. The van der Waals surface area contributed by atoms with E-state index < -0.39 is 4.92 Å². The summed E-state index contributed by atoms with van der Waals surface area (Å²) in [6, 6.07) is 5.35. The predicted molar refractivity (Wildman–Crippen MR) is 71.8 cm³/mol. The number of likely N-dealkylation sites (N-methyl/N-ethyl adjacent to an activating group) is 1. The Morgan fingerprint density at radius 3 is 2.94 bits per heavy atom. The predicted octanol–water partition coefficient (Wildman–Crippen LogP) is 1.37. The summed E-state index contributed by atoms with van der Waals surface area (Å²) in [6.45, 7) is 1.96. The highest BCUT2D eigenvalue weighted by molar-refractivity contribution is 5.66. The molecule has 1 fully saturated rings. The molecule has 18 heavy (non-hydrogen) atoms. The summed E-state index contributed by atoms with van der Waals surface area (Å²) >= 11 is 0. The van der Waals surface area contributed by atoms with Gasteiger partial charge in [-0.1, -0.05) is 0 Å². The molecule has 1 atom stereocenters. The standard InChI is InChI=1S/C12H18N4O2/c1-15(8-9-3-2-6-14-9)10-4-5-12(16(17)18)11(13)7-10/h4-5,7,9,14H,2-3,6,8,13H2,1H3. The normalized spacial score (nSPS) is 18.8. The summed E-state index contributed by atoms with van der Waals surface area (Å²) in [5, 5.41) is 14.1. The van der Waals surface area contributed by atoms with E-state index in [9.17, 15) is 10.1 Å². The third kappa shape index (κ3) is 2.70. The van der Waals surface area contributed by atoms with Crippen LogP contribution in [0.25, 0.3) is 0 Å². The van der Waals surface area contributed by atoms with Crippen molar-refractivity contribution in [1.29, 1.82) is 0 Å². The molecular formula is C12H18N4O2. The van der Waals surface area contributed by atoms with Gasteiger partial charge in [0.1, 0.15) is 5.69 Å². The maximum atomic E-state index is 10.7. The van der Waals surface area contributed by atoms with Crippen LogP contribution in [0.1, 0.15) is 12.8 Å². The second-order valence-electron chi connectivity index (χ2n) is 4.67. The summed E-state index contributed by atoms with van der Waals surface area (Å²) in [4.78, 5) is 12.3. The summed E-state index contributed by atoms with van der Waals surface area (Å²) in [6.07, 6.45) is 2.38. The Labute approximate surface area is 106 Å². The van der Waals surface area contributed by atoms with Crippen molar-refractivity contribution in [2.24, 2.45) is 0 Å². The van der Waals surface area contributed by atoms with Crippen molar-refractivity contribution in [3.05, 3.63) is 28.3 Å². The van der Waals surface area contributed by atoms with Crippen LogP contribution in [-0.2, 0) is 0 Å². The van der Waals surface area contributed by atoms with Gasteiger partial charge >= 0.3 is 0 Å². The number of rotatable bonds is 4. The zero-order valence-corrected chi connectivity index (χ0v) is 10.4. The molecule has 98 valence electrons. The molecule has 0 amide bonds. The van der Waals surface area contributed by atoms with Gasteiger partial charge in [0.2, 0.25) is 0 Å². The van der Waals surface area contributed by atoms with Crippen LogP contribution in [0.2, 0.25) is 0 Å². The Hall–Kier alpha value is -1.82. The number of hydrogen-bond acceptors (Lipinski definition) is 5. The van der Waals surface area contributed by atoms with Crippen molar-refractivity contribution in [3.8, 4) is 0 Å². The van der Waals surface area contributed by atoms with E-state index >= 15 is 0 Å². The van der Waals surface area contributed by atoms with Crippen LogP contribution in [0, 0.1) is 10.1 Å². The van der Waals surface area contributed by atoms with Crippen molar-refractivity contribution < 1.29 is 4.92 Å². The minimum absolute atomic E-state index is 0.0360. The molecule has 0 saturated carbocycles. The lowest BCUT2D eigenvalue weighted by atomic mass is 10.2. The largest absolute Gasteiger partial charge is 0.393 e. The van der Waals surface area contributed by atoms with E-state index in [4.69, 9.17) is 5.73 Å². The average Bonchev–Trinajstić information content (AvgIpc) is 2.81. The topological polar surface area (TPSA) is 84.4 Å². The fraction of sp³-hybridized carbons (Fsp3) is 0.500. The number of nitrogens with two attached hydrogens (primary N) is 1. The molecule has 0 bridgehead atoms. The molecule has 1 aliphatic rings. The first kappa shape index (κ1) is 12.6. The molecule has 0 spiro atoms. The number of nitrogen functional groups attached to an aromatic ring is 1. The van der Waals surface area contributed by atoms with Gasteiger partial charge in [-0.2, -0.15) is 0 Å². The molecule has 2 rings (SSSR count). The quantitative estimate of drug-likeness (QED) is 0.479. The zero-order chi connectivity index (χ0) is 13.1. The van der Waals surface area contributed by atoms with Crippen molar-refractivity contribution in [1.82, 2.24) is 5.32 Å². The maximum Gasteiger partial charge on any atom is 0.292 e. The molecule has 6 heteroatoms. The molecule has 0 aliphatic carbocycles. The fourth-order valence-corrected chi connectivity index (χ4v) is 2.29. The van der Waals surface area contributed by atoms with Gasteiger partial charge < -0.3 is 16.0 Å². The zero-order valence-electron chi connectivity index (χ0n) is 10.4. The van der Waals surface area contributed by atoms with Gasteiger partial charge in [-0.15, -0.1) is 0 Å². The fourth-order valence-electron chi connectivity index (χ4n) is 2.29. The number of benzene rings is 1. The molecule has 1 aromatic rings. The van der Waals surface area contributed by atoms with Crippen LogP contribution in [-0.4, -0.2) is 31.1 Å². The van der Waals surface area contributed by atoms with Crippen molar-refractivity contribution >= 4 is 17.1 Å². The molecular weight excluding hydrogens is 232 g/mol. The molecule has 1 aliphatic heterocycles. The van der Waals surface area contributed by atoms with E-state index in [0.29, 0.717) is 6.04 Å². The summed E-state index contributed by atoms with van der Waals surface area (Å²) in [5.74, 6) is 0. The van der Waals surface area contributed by atoms with E-state index in [1.807, 2.05) is 7.05 Å². The molecule has 0 radical (unpaired) electrons. The number of nitro benzene ring substituents is 1. The number of nitrogens with one attached hydrogen (secondary N) is 1. The van der Waals surface area contributed by atoms with E-state index in [1.54, 1.807) is 12.1 Å². The number of nitrogens with zero attached hydrogens (tertiary/aromatic N) is 2. The highest BCUT2D eigenvalue weighted by Crippen LogP contribution is 2.26. The summed E-state index contributed by atoms with van der Waals surface area (Å²) in [5.41, 5.74) is 6.77. The second kappa shape index (κ2) is 5.22. The van der Waals surface area contributed by atoms with Gasteiger partial charge in [-0.05, 0) is 31.5 Å². The van der Waals surface area contributed by atoms with Gasteiger partial charge in [0, 0.05) is 31.4 Å². The molecule has 1 saturated heterocycles. The lowest BCUT2D eigenvalue weighted by Gasteiger charge is -2.23. The second-order valence-corrected chi connectivity index (χ2v) is 4.67. The van der Waals surface area contributed by atoms with Crippen LogP contribution >= 0.6 is 0 Å². The number of hydrogen-bond donors (Lipinski definition) is 2. The Kier molecular flexibility index (Phi) is 3.66. The molecule has 0 aromatic heterocycles. The van der Waals surface area contributed by atoms with Gasteiger partial charge in [-0.25, -0.2) is 0 Å². The van der Waals surface area contributed by atoms with Crippen molar-refractivity contribution in [2.75, 3.05) is 30.8 Å². The van der Waals surface area contributed by atoms with Crippen molar-refractivity contribution in [3.63, 3.8) is 0 Å². The lowest BCUT2D eigenvalue weighted by molar-refractivity contribution is -0.383. The van der Waals surface area contributed by atoms with Gasteiger partial charge in [-0.3, -0.25) is 10.1 Å². The average molecular weight is 250 g/mol. The van der Waals surface area contributed by atoms with Gasteiger partial charge in [0.15, 0.2) is 0 Å². The van der Waals surface area contributed by atoms with E-state index in [-0.39, 0.29) is 11.4 Å². The summed E-state index contributed by atoms with van der Waals surface area (Å²) in [7, 11) is 1.97. The molecule has 1 unspecified atom stereocenters. The highest BCUT2D eigenvalue weighted by atomic mass is 16.6. The first-order valence-electron chi connectivity index (χ1n) is 6.06. The number of anilines is 2. The Bertz CT molecular complexity index is 444. The first-order valence-corrected chi connectivity index (χ1v) is 6.06. The Morgan fingerprint density at radius 2 is 2.39 bits per heavy atom. The van der Waals surface area contributed by atoms with Crippen molar-refractivity contribution in [2.45, 2.75) is 18.9 Å². The SMILES string of the molecule is CN(CC1CCCN1)c1ccc([N+](=O)[O-])c(N)c1. The molecule has 3 N–H and O–H groups in total. The minimum Gasteiger partial charge on any atom is -0.393 e. The van der Waals surface area contributed by atoms with Crippen LogP contribution in [0.3, 0.4) is 0 Å². The smallest absolute Gasteiger partial charge is 0.292 e. The van der Waals surface area contributed by atoms with E-state index in [1.165, 1.54) is 18.9 Å². The third-order valence-electron chi connectivity index (χ3n) is 3.31. The molecule has 1 aromatic carbocycles. The van der Waals surface area contributed by atoms with Gasteiger partial charge in [0.25, 0.3) is 5.69 Å². The van der Waals surface area contributed by atoms with Gasteiger partial charge in [0.05, 0.1) is 4.92 Å². The first-order chi connectivity index (χ1) is 8.58. The lowest BCUT2D eigenvalue weighted by Crippen LogP contribution is -2.35. The Balaban J connectivity index is 2.08. The highest BCUT2D eigenvalue weighted by Gasteiger charge is 2.17. The maximum absolute atomic E-state index is 10.7. The Morgan fingerprint density at radius 1 is 1.61 bits per heavy atom. The molecule has 6 nitrogen and oxygen atoms in total. The van der Waals surface area contributed by atoms with Crippen LogP contribution < -0.4 is 16.0 Å². The van der Waals surface area contributed by atoms with E-state index in [0.717, 1.165) is 18.8 Å².